The van der Waals surface area contributed by atoms with Crippen LogP contribution in [0.4, 0.5) is 11.5 Å². The lowest BCUT2D eigenvalue weighted by Crippen LogP contribution is -2.38. The third-order valence-electron chi connectivity index (χ3n) is 6.45. The summed E-state index contributed by atoms with van der Waals surface area (Å²) in [5.41, 5.74) is 3.49. The summed E-state index contributed by atoms with van der Waals surface area (Å²) in [6.45, 7) is 6.84. The Morgan fingerprint density at radius 2 is 1.91 bits per heavy atom. The molecule has 10 heteroatoms. The van der Waals surface area contributed by atoms with Crippen molar-refractivity contribution >= 4 is 45.4 Å². The van der Waals surface area contributed by atoms with Gasteiger partial charge in [0.1, 0.15) is 15.9 Å². The lowest BCUT2D eigenvalue weighted by atomic mass is 9.99. The second-order valence-electron chi connectivity index (χ2n) is 8.98. The lowest BCUT2D eigenvalue weighted by molar-refractivity contribution is 0.0612. The average molecular weight is 487 g/mol. The zero-order chi connectivity index (χ0) is 23.1. The van der Waals surface area contributed by atoms with Crippen LogP contribution in [0.1, 0.15) is 64.0 Å². The average Bonchev–Trinajstić information content (AvgIpc) is 3.52. The Kier molecular flexibility index (Phi) is 6.13. The van der Waals surface area contributed by atoms with Crippen LogP contribution in [-0.2, 0) is 11.0 Å². The molecule has 176 valence electrons. The highest BCUT2D eigenvalue weighted by molar-refractivity contribution is 7.85. The third kappa shape index (κ3) is 4.38. The van der Waals surface area contributed by atoms with Crippen LogP contribution in [0.15, 0.2) is 18.3 Å². The maximum absolute atomic E-state index is 13.6. The van der Waals surface area contributed by atoms with Crippen molar-refractivity contribution < 1.29 is 9.00 Å². The van der Waals surface area contributed by atoms with E-state index < -0.39 is 11.0 Å². The predicted molar refractivity (Wildman–Crippen MR) is 134 cm³/mol. The van der Waals surface area contributed by atoms with Gasteiger partial charge in [-0.05, 0) is 63.6 Å². The van der Waals surface area contributed by atoms with Crippen molar-refractivity contribution in [2.24, 2.45) is 0 Å². The number of hydrogen-bond donors (Lipinski definition) is 1. The van der Waals surface area contributed by atoms with Crippen molar-refractivity contribution in [1.29, 1.82) is 0 Å². The SMILES string of the molecule is Cc1cc(NS(C)=O)c(C(=O)N2CCCCC2c2cn3nc(N4CCCC4)c(C)cc3n2)s1. The first kappa shape index (κ1) is 22.3. The smallest absolute Gasteiger partial charge is 0.266 e. The van der Waals surface area contributed by atoms with Gasteiger partial charge in [-0.3, -0.25) is 4.79 Å². The molecular weight excluding hydrogens is 456 g/mol. The molecule has 33 heavy (non-hydrogen) atoms. The Hall–Kier alpha value is -2.46. The number of aromatic nitrogens is 3. The summed E-state index contributed by atoms with van der Waals surface area (Å²) in [5.74, 6) is 1.00. The van der Waals surface area contributed by atoms with Crippen LogP contribution in [0, 0.1) is 13.8 Å². The molecule has 5 heterocycles. The van der Waals surface area contributed by atoms with Gasteiger partial charge in [-0.1, -0.05) is 0 Å². The Labute approximate surface area is 200 Å². The number of hydrogen-bond acceptors (Lipinski definition) is 6. The number of rotatable bonds is 5. The molecule has 1 N–H and O–H groups in total. The van der Waals surface area contributed by atoms with E-state index in [1.54, 1.807) is 6.26 Å². The molecule has 2 aliphatic rings. The van der Waals surface area contributed by atoms with Gasteiger partial charge in [-0.25, -0.2) is 13.7 Å². The summed E-state index contributed by atoms with van der Waals surface area (Å²) in [6.07, 6.45) is 8.88. The maximum Gasteiger partial charge on any atom is 0.266 e. The molecule has 2 unspecified atom stereocenters. The van der Waals surface area contributed by atoms with Crippen LogP contribution in [0.25, 0.3) is 5.65 Å². The zero-order valence-corrected chi connectivity index (χ0v) is 21.0. The topological polar surface area (TPSA) is 82.8 Å². The Balaban J connectivity index is 1.47. The monoisotopic (exact) mass is 486 g/mol. The van der Waals surface area contributed by atoms with Gasteiger partial charge in [-0.2, -0.15) is 0 Å². The number of carbonyl (C=O) groups excluding carboxylic acids is 1. The fraction of sp³-hybridized carbons (Fsp3) is 0.522. The largest absolute Gasteiger partial charge is 0.355 e. The van der Waals surface area contributed by atoms with Gasteiger partial charge >= 0.3 is 0 Å². The summed E-state index contributed by atoms with van der Waals surface area (Å²) in [5, 5.41) is 4.89. The Morgan fingerprint density at radius 3 is 2.67 bits per heavy atom. The molecule has 8 nitrogen and oxygen atoms in total. The summed E-state index contributed by atoms with van der Waals surface area (Å²) >= 11 is 1.45. The summed E-state index contributed by atoms with van der Waals surface area (Å²) in [7, 11) is -1.24. The van der Waals surface area contributed by atoms with Crippen LogP contribution < -0.4 is 9.62 Å². The van der Waals surface area contributed by atoms with Crippen LogP contribution >= 0.6 is 11.3 Å². The molecule has 2 atom stereocenters. The molecule has 1 amide bonds. The normalized spacial score (nSPS) is 19.9. The Bertz CT molecular complexity index is 1210. The number of fused-ring (bicyclic) bond motifs is 1. The molecule has 2 aliphatic heterocycles. The molecule has 0 spiro atoms. The van der Waals surface area contributed by atoms with Crippen molar-refractivity contribution in [2.75, 3.05) is 35.5 Å². The van der Waals surface area contributed by atoms with Crippen molar-refractivity contribution in [3.05, 3.63) is 39.3 Å². The van der Waals surface area contributed by atoms with Crippen LogP contribution in [0.3, 0.4) is 0 Å². The molecule has 0 radical (unpaired) electrons. The number of nitrogens with zero attached hydrogens (tertiary/aromatic N) is 5. The van der Waals surface area contributed by atoms with E-state index >= 15 is 0 Å². The molecular formula is C23H30N6O2S2. The fourth-order valence-corrected chi connectivity index (χ4v) is 6.40. The summed E-state index contributed by atoms with van der Waals surface area (Å²) in [4.78, 5) is 24.4. The number of thiophene rings is 1. The first-order chi connectivity index (χ1) is 15.9. The molecule has 3 aromatic heterocycles. The van der Waals surface area contributed by atoms with Crippen LogP contribution in [0.5, 0.6) is 0 Å². The van der Waals surface area contributed by atoms with E-state index in [2.05, 4.69) is 22.6 Å². The van der Waals surface area contributed by atoms with Gasteiger partial charge < -0.3 is 14.5 Å². The van der Waals surface area contributed by atoms with Gasteiger partial charge in [0.2, 0.25) is 0 Å². The highest BCUT2D eigenvalue weighted by atomic mass is 32.2. The maximum atomic E-state index is 13.6. The van der Waals surface area contributed by atoms with E-state index in [1.807, 2.05) is 28.6 Å². The van der Waals surface area contributed by atoms with Crippen molar-refractivity contribution in [3.8, 4) is 0 Å². The minimum atomic E-state index is -1.24. The minimum absolute atomic E-state index is 0.0234. The number of imidazole rings is 1. The van der Waals surface area contributed by atoms with Crippen LogP contribution in [-0.4, -0.2) is 55.5 Å². The third-order valence-corrected chi connectivity index (χ3v) is 7.99. The highest BCUT2D eigenvalue weighted by Gasteiger charge is 2.33. The fourth-order valence-electron chi connectivity index (χ4n) is 4.94. The summed E-state index contributed by atoms with van der Waals surface area (Å²) in [6, 6.07) is 3.90. The van der Waals surface area contributed by atoms with E-state index in [9.17, 15) is 9.00 Å². The number of likely N-dealkylation sites (tertiary alicyclic amines) is 1. The first-order valence-corrected chi connectivity index (χ1v) is 13.9. The molecule has 0 bridgehead atoms. The van der Waals surface area contributed by atoms with Gasteiger partial charge in [0.15, 0.2) is 11.5 Å². The molecule has 3 aromatic rings. The zero-order valence-electron chi connectivity index (χ0n) is 19.3. The van der Waals surface area contributed by atoms with E-state index in [4.69, 9.17) is 10.1 Å². The standard InChI is InChI=1S/C23H30N6O2S2/c1-15-12-20-24-18(14-29(20)25-22(15)27-9-6-7-10-27)19-8-4-5-11-28(19)23(30)21-17(26-33(3)31)13-16(2)32-21/h12-14,19,26H,4-11H2,1-3H3. The van der Waals surface area contributed by atoms with Gasteiger partial charge in [-0.15, -0.1) is 16.4 Å². The van der Waals surface area contributed by atoms with E-state index in [1.165, 1.54) is 24.2 Å². The number of anilines is 2. The molecule has 5 rings (SSSR count). The van der Waals surface area contributed by atoms with E-state index in [-0.39, 0.29) is 11.9 Å². The summed E-state index contributed by atoms with van der Waals surface area (Å²) < 4.78 is 16.6. The van der Waals surface area contributed by atoms with E-state index in [0.717, 1.165) is 60.0 Å². The molecule has 0 saturated carbocycles. The molecule has 2 fully saturated rings. The van der Waals surface area contributed by atoms with Gasteiger partial charge in [0, 0.05) is 30.8 Å². The van der Waals surface area contributed by atoms with Crippen molar-refractivity contribution in [1.82, 2.24) is 19.5 Å². The van der Waals surface area contributed by atoms with Crippen LogP contribution in [0.2, 0.25) is 0 Å². The number of aryl methyl sites for hydroxylation is 2. The van der Waals surface area contributed by atoms with Crippen molar-refractivity contribution in [3.63, 3.8) is 0 Å². The quantitative estimate of drug-likeness (QED) is 0.588. The lowest BCUT2D eigenvalue weighted by Gasteiger charge is -2.34. The highest BCUT2D eigenvalue weighted by Crippen LogP contribution is 2.36. The van der Waals surface area contributed by atoms with Crippen molar-refractivity contribution in [2.45, 2.75) is 52.0 Å². The second-order valence-corrected chi connectivity index (χ2v) is 11.3. The van der Waals surface area contributed by atoms with Gasteiger partial charge in [0.05, 0.1) is 23.6 Å². The predicted octanol–water partition coefficient (Wildman–Crippen LogP) is 4.08. The number of piperidine rings is 1. The Morgan fingerprint density at radius 1 is 1.15 bits per heavy atom. The number of amides is 1. The second kappa shape index (κ2) is 9.06. The first-order valence-electron chi connectivity index (χ1n) is 11.5. The number of nitrogens with one attached hydrogen (secondary N) is 1. The number of carbonyl (C=O) groups is 1. The molecule has 0 aliphatic carbocycles. The molecule has 0 aromatic carbocycles. The minimum Gasteiger partial charge on any atom is -0.355 e. The molecule has 2 saturated heterocycles. The van der Waals surface area contributed by atoms with Gasteiger partial charge in [0.25, 0.3) is 5.91 Å². The van der Waals surface area contributed by atoms with E-state index in [0.29, 0.717) is 17.1 Å².